The third-order valence-corrected chi connectivity index (χ3v) is 3.54. The number of aryl methyl sites for hydroxylation is 1. The van der Waals surface area contributed by atoms with Gasteiger partial charge in [0.05, 0.1) is 12.2 Å². The summed E-state index contributed by atoms with van der Waals surface area (Å²) in [5, 5.41) is 12.0. The Hall–Kier alpha value is -1.65. The Bertz CT molecular complexity index is 611. The predicted molar refractivity (Wildman–Crippen MR) is 79.2 cm³/mol. The molecule has 0 aliphatic carbocycles. The molecule has 3 nitrogen and oxygen atoms in total. The fourth-order valence-corrected chi connectivity index (χ4v) is 2.20. The Morgan fingerprint density at radius 1 is 1.26 bits per heavy atom. The van der Waals surface area contributed by atoms with Crippen molar-refractivity contribution in [3.05, 3.63) is 63.6 Å². The highest BCUT2D eigenvalue weighted by Crippen LogP contribution is 2.21. The summed E-state index contributed by atoms with van der Waals surface area (Å²) in [6, 6.07) is 12.8. The summed E-state index contributed by atoms with van der Waals surface area (Å²) in [6.45, 7) is 1.87. The van der Waals surface area contributed by atoms with Crippen LogP contribution in [0.4, 0.5) is 5.69 Å². The van der Waals surface area contributed by atoms with Gasteiger partial charge in [-0.25, -0.2) is 0 Å². The van der Waals surface area contributed by atoms with E-state index in [2.05, 4.69) is 21.2 Å². The maximum absolute atomic E-state index is 12.2. The van der Waals surface area contributed by atoms with E-state index >= 15 is 0 Å². The second-order valence-electron chi connectivity index (χ2n) is 4.24. The van der Waals surface area contributed by atoms with Gasteiger partial charge in [0.15, 0.2) is 0 Å². The first-order chi connectivity index (χ1) is 9.11. The average Bonchev–Trinajstić information content (AvgIpc) is 2.41. The molecule has 0 unspecified atom stereocenters. The lowest BCUT2D eigenvalue weighted by Crippen LogP contribution is -2.13. The minimum atomic E-state index is -0.175. The van der Waals surface area contributed by atoms with Gasteiger partial charge >= 0.3 is 0 Å². The smallest absolute Gasteiger partial charge is 0.256 e. The first kappa shape index (κ1) is 13.8. The largest absolute Gasteiger partial charge is 0.392 e. The van der Waals surface area contributed by atoms with Gasteiger partial charge < -0.3 is 10.4 Å². The van der Waals surface area contributed by atoms with E-state index in [1.807, 2.05) is 37.3 Å². The third-order valence-electron chi connectivity index (χ3n) is 2.85. The predicted octanol–water partition coefficient (Wildman–Crippen LogP) is 3.50. The number of nitrogens with one attached hydrogen (secondary N) is 1. The lowest BCUT2D eigenvalue weighted by Gasteiger charge is -2.10. The van der Waals surface area contributed by atoms with Gasteiger partial charge in [-0.3, -0.25) is 4.79 Å². The molecule has 0 atom stereocenters. The summed E-state index contributed by atoms with van der Waals surface area (Å²) in [5.41, 5.74) is 3.02. The highest BCUT2D eigenvalue weighted by Gasteiger charge is 2.10. The molecule has 98 valence electrons. The molecule has 0 aliphatic rings. The summed E-state index contributed by atoms with van der Waals surface area (Å²) in [4.78, 5) is 12.2. The molecule has 0 radical (unpaired) electrons. The maximum atomic E-state index is 12.2. The molecule has 0 saturated carbocycles. The van der Waals surface area contributed by atoms with Gasteiger partial charge in [0.2, 0.25) is 0 Å². The normalized spacial score (nSPS) is 10.3. The van der Waals surface area contributed by atoms with Crippen molar-refractivity contribution in [3.63, 3.8) is 0 Å². The molecule has 2 aromatic carbocycles. The van der Waals surface area contributed by atoms with Crippen LogP contribution in [0.1, 0.15) is 21.5 Å². The van der Waals surface area contributed by atoms with Crippen LogP contribution in [0.25, 0.3) is 0 Å². The Kier molecular flexibility index (Phi) is 4.35. The first-order valence-corrected chi connectivity index (χ1v) is 6.67. The van der Waals surface area contributed by atoms with Gasteiger partial charge in [0.1, 0.15) is 0 Å². The Labute approximate surface area is 120 Å². The number of aliphatic hydroxyl groups is 1. The standard InChI is InChI=1S/C15H14BrNO2/c1-10-6-7-11(9-18)8-14(10)17-15(19)12-4-2-3-5-13(12)16/h2-8,18H,9H2,1H3,(H,17,19). The van der Waals surface area contributed by atoms with E-state index < -0.39 is 0 Å². The number of anilines is 1. The summed E-state index contributed by atoms with van der Waals surface area (Å²) in [5.74, 6) is -0.175. The van der Waals surface area contributed by atoms with Crippen LogP contribution in [-0.4, -0.2) is 11.0 Å². The molecule has 4 heteroatoms. The molecule has 0 heterocycles. The number of amides is 1. The topological polar surface area (TPSA) is 49.3 Å². The Balaban J connectivity index is 2.26. The summed E-state index contributed by atoms with van der Waals surface area (Å²) in [6.07, 6.45) is 0. The van der Waals surface area contributed by atoms with Gasteiger partial charge in [-0.1, -0.05) is 24.3 Å². The minimum Gasteiger partial charge on any atom is -0.392 e. The van der Waals surface area contributed by atoms with Crippen molar-refractivity contribution < 1.29 is 9.90 Å². The first-order valence-electron chi connectivity index (χ1n) is 5.88. The van der Waals surface area contributed by atoms with Crippen molar-refractivity contribution in [1.82, 2.24) is 0 Å². The molecular formula is C15H14BrNO2. The van der Waals surface area contributed by atoms with Crippen molar-refractivity contribution in [3.8, 4) is 0 Å². The highest BCUT2D eigenvalue weighted by atomic mass is 79.9. The monoisotopic (exact) mass is 319 g/mol. The second kappa shape index (κ2) is 5.99. The fourth-order valence-electron chi connectivity index (χ4n) is 1.74. The zero-order chi connectivity index (χ0) is 13.8. The number of benzene rings is 2. The summed E-state index contributed by atoms with van der Waals surface area (Å²) in [7, 11) is 0. The van der Waals surface area contributed by atoms with Gasteiger partial charge in [-0.2, -0.15) is 0 Å². The van der Waals surface area contributed by atoms with Gasteiger partial charge in [-0.15, -0.1) is 0 Å². The average molecular weight is 320 g/mol. The molecule has 0 bridgehead atoms. The van der Waals surface area contributed by atoms with Crippen molar-refractivity contribution in [1.29, 1.82) is 0 Å². The number of aliphatic hydroxyl groups excluding tert-OH is 1. The van der Waals surface area contributed by atoms with Gasteiger partial charge in [0, 0.05) is 10.2 Å². The molecular weight excluding hydrogens is 306 g/mol. The number of halogens is 1. The molecule has 19 heavy (non-hydrogen) atoms. The van der Waals surface area contributed by atoms with Crippen LogP contribution in [0.15, 0.2) is 46.9 Å². The van der Waals surface area contributed by atoms with Crippen molar-refractivity contribution in [2.45, 2.75) is 13.5 Å². The maximum Gasteiger partial charge on any atom is 0.256 e. The molecule has 2 aromatic rings. The van der Waals surface area contributed by atoms with Gasteiger partial charge in [0.25, 0.3) is 5.91 Å². The quantitative estimate of drug-likeness (QED) is 0.909. The van der Waals surface area contributed by atoms with E-state index in [0.29, 0.717) is 11.3 Å². The number of carbonyl (C=O) groups excluding carboxylic acids is 1. The van der Waals surface area contributed by atoms with E-state index in [1.165, 1.54) is 0 Å². The van der Waals surface area contributed by atoms with Crippen LogP contribution in [0.3, 0.4) is 0 Å². The minimum absolute atomic E-state index is 0.0435. The van der Waals surface area contributed by atoms with E-state index in [1.54, 1.807) is 12.1 Å². The van der Waals surface area contributed by atoms with Gasteiger partial charge in [-0.05, 0) is 52.2 Å². The lowest BCUT2D eigenvalue weighted by molar-refractivity contribution is 0.102. The van der Waals surface area contributed by atoms with Crippen LogP contribution in [-0.2, 0) is 6.61 Å². The van der Waals surface area contributed by atoms with E-state index in [-0.39, 0.29) is 12.5 Å². The van der Waals surface area contributed by atoms with Crippen LogP contribution in [0.5, 0.6) is 0 Å². The molecule has 2 rings (SSSR count). The highest BCUT2D eigenvalue weighted by molar-refractivity contribution is 9.10. The molecule has 2 N–H and O–H groups in total. The molecule has 0 aliphatic heterocycles. The summed E-state index contributed by atoms with van der Waals surface area (Å²) >= 11 is 3.36. The van der Waals surface area contributed by atoms with E-state index in [9.17, 15) is 4.79 Å². The number of carbonyl (C=O) groups is 1. The van der Waals surface area contributed by atoms with Crippen molar-refractivity contribution in [2.75, 3.05) is 5.32 Å². The molecule has 0 spiro atoms. The van der Waals surface area contributed by atoms with E-state index in [0.717, 1.165) is 15.6 Å². The molecule has 0 fully saturated rings. The molecule has 0 aromatic heterocycles. The molecule has 0 saturated heterocycles. The Morgan fingerprint density at radius 3 is 2.68 bits per heavy atom. The van der Waals surface area contributed by atoms with Crippen molar-refractivity contribution in [2.24, 2.45) is 0 Å². The lowest BCUT2D eigenvalue weighted by atomic mass is 10.1. The fraction of sp³-hybridized carbons (Fsp3) is 0.133. The number of hydrogen-bond donors (Lipinski definition) is 2. The SMILES string of the molecule is Cc1ccc(CO)cc1NC(=O)c1ccccc1Br. The van der Waals surface area contributed by atoms with Crippen LogP contribution >= 0.6 is 15.9 Å². The van der Waals surface area contributed by atoms with Crippen LogP contribution in [0, 0.1) is 6.92 Å². The number of hydrogen-bond acceptors (Lipinski definition) is 2. The summed E-state index contributed by atoms with van der Waals surface area (Å²) < 4.78 is 0.753. The Morgan fingerprint density at radius 2 is 2.00 bits per heavy atom. The van der Waals surface area contributed by atoms with Crippen LogP contribution in [0.2, 0.25) is 0 Å². The second-order valence-corrected chi connectivity index (χ2v) is 5.10. The van der Waals surface area contributed by atoms with E-state index in [4.69, 9.17) is 5.11 Å². The zero-order valence-corrected chi connectivity index (χ0v) is 12.1. The van der Waals surface area contributed by atoms with Crippen molar-refractivity contribution >= 4 is 27.5 Å². The third kappa shape index (κ3) is 3.22. The molecule has 1 amide bonds. The number of rotatable bonds is 3. The zero-order valence-electron chi connectivity index (χ0n) is 10.5. The van der Waals surface area contributed by atoms with Crippen LogP contribution < -0.4 is 5.32 Å².